The van der Waals surface area contributed by atoms with Crippen molar-refractivity contribution in [2.24, 2.45) is 0 Å². The monoisotopic (exact) mass is 501 g/mol. The lowest BCUT2D eigenvalue weighted by Gasteiger charge is -2.25. The Morgan fingerprint density at radius 1 is 0.946 bits per heavy atom. The predicted octanol–water partition coefficient (Wildman–Crippen LogP) is 6.26. The third kappa shape index (κ3) is 4.81. The second kappa shape index (κ2) is 10.5. The Labute approximate surface area is 214 Å². The van der Waals surface area contributed by atoms with E-state index in [1.165, 1.54) is 12.1 Å². The Bertz CT molecular complexity index is 1480. The van der Waals surface area contributed by atoms with Gasteiger partial charge >= 0.3 is 0 Å². The molecular weight excluding hydrogens is 473 g/mol. The zero-order chi connectivity index (χ0) is 25.9. The molecule has 1 aliphatic rings. The molecule has 37 heavy (non-hydrogen) atoms. The van der Waals surface area contributed by atoms with Gasteiger partial charge in [-0.3, -0.25) is 9.59 Å². The molecule has 0 N–H and O–H groups in total. The van der Waals surface area contributed by atoms with Crippen molar-refractivity contribution in [3.8, 4) is 11.5 Å². The summed E-state index contributed by atoms with van der Waals surface area (Å²) in [5, 5.41) is 0.110. The molecule has 190 valence electrons. The summed E-state index contributed by atoms with van der Waals surface area (Å²) in [6.07, 6.45) is 3.19. The Hall–Kier alpha value is -4.13. The highest BCUT2D eigenvalue weighted by molar-refractivity contribution is 5.99. The van der Waals surface area contributed by atoms with Crippen LogP contribution in [0.1, 0.15) is 59.5 Å². The lowest BCUT2D eigenvalue weighted by Crippen LogP contribution is -2.29. The summed E-state index contributed by atoms with van der Waals surface area (Å²) >= 11 is 0. The lowest BCUT2D eigenvalue weighted by molar-refractivity contribution is 0.0714. The van der Waals surface area contributed by atoms with Gasteiger partial charge < -0.3 is 18.8 Å². The van der Waals surface area contributed by atoms with Crippen molar-refractivity contribution in [1.29, 1.82) is 0 Å². The minimum absolute atomic E-state index is 0.0116. The molecule has 2 heterocycles. The first-order valence-electron chi connectivity index (χ1n) is 12.4. The van der Waals surface area contributed by atoms with E-state index in [4.69, 9.17) is 13.9 Å². The van der Waals surface area contributed by atoms with Crippen molar-refractivity contribution in [3.05, 3.63) is 105 Å². The summed E-state index contributed by atoms with van der Waals surface area (Å²) < 4.78 is 31.0. The number of benzene rings is 3. The molecule has 0 saturated carbocycles. The normalized spacial score (nSPS) is 14.7. The molecule has 7 heteroatoms. The number of hydrogen-bond donors (Lipinski definition) is 0. The fraction of sp³-hybridized carbons (Fsp3) is 0.267. The second-order valence-electron chi connectivity index (χ2n) is 9.12. The first-order valence-corrected chi connectivity index (χ1v) is 12.4. The van der Waals surface area contributed by atoms with Gasteiger partial charge in [-0.25, -0.2) is 4.39 Å². The molecule has 1 unspecified atom stereocenters. The van der Waals surface area contributed by atoms with E-state index in [-0.39, 0.29) is 34.7 Å². The molecular formula is C30H28FNO5. The van der Waals surface area contributed by atoms with Gasteiger partial charge in [-0.1, -0.05) is 44.0 Å². The summed E-state index contributed by atoms with van der Waals surface area (Å²) in [6, 6.07) is 17.9. The first-order chi connectivity index (χ1) is 18.0. The SMILES string of the molecule is CCCCCOc1ccc(C2c3c(oc4ccc(F)cc4c3=O)C(=O)N2Cc2ccc(OC)cc2)cc1. The first kappa shape index (κ1) is 24.6. The lowest BCUT2D eigenvalue weighted by atomic mass is 9.98. The van der Waals surface area contributed by atoms with Crippen LogP contribution in [-0.2, 0) is 6.54 Å². The molecule has 0 aliphatic carbocycles. The molecule has 5 rings (SSSR count). The highest BCUT2D eigenvalue weighted by Gasteiger charge is 2.42. The molecule has 0 fully saturated rings. The van der Waals surface area contributed by atoms with Crippen molar-refractivity contribution in [1.82, 2.24) is 4.90 Å². The van der Waals surface area contributed by atoms with E-state index < -0.39 is 17.3 Å². The van der Waals surface area contributed by atoms with Gasteiger partial charge in [0.25, 0.3) is 5.91 Å². The van der Waals surface area contributed by atoms with Crippen molar-refractivity contribution < 1.29 is 23.1 Å². The molecule has 3 aromatic carbocycles. The van der Waals surface area contributed by atoms with E-state index in [0.29, 0.717) is 12.4 Å². The number of amides is 1. The molecule has 1 aliphatic heterocycles. The standard InChI is InChI=1S/C30H28FNO5/c1-3-4-5-16-36-23-13-8-20(9-14-23)27-26-28(33)24-17-21(31)10-15-25(24)37-29(26)30(34)32(27)18-19-6-11-22(35-2)12-7-19/h6-15,17,27H,3-5,16,18H2,1-2H3. The fourth-order valence-electron chi connectivity index (χ4n) is 4.72. The van der Waals surface area contributed by atoms with Crippen molar-refractivity contribution in [3.63, 3.8) is 0 Å². The van der Waals surface area contributed by atoms with Crippen LogP contribution in [0.2, 0.25) is 0 Å². The summed E-state index contributed by atoms with van der Waals surface area (Å²) in [5.74, 6) is 0.483. The third-order valence-electron chi connectivity index (χ3n) is 6.65. The average molecular weight is 502 g/mol. The molecule has 0 saturated heterocycles. The summed E-state index contributed by atoms with van der Waals surface area (Å²) in [4.78, 5) is 28.8. The van der Waals surface area contributed by atoms with Gasteiger partial charge in [0.05, 0.1) is 30.7 Å². The number of fused-ring (bicyclic) bond motifs is 2. The highest BCUT2D eigenvalue weighted by Crippen LogP contribution is 2.39. The van der Waals surface area contributed by atoms with Crippen LogP contribution in [0.4, 0.5) is 4.39 Å². The van der Waals surface area contributed by atoms with Crippen LogP contribution in [0.25, 0.3) is 11.0 Å². The molecule has 1 amide bonds. The van der Waals surface area contributed by atoms with Crippen LogP contribution in [0.5, 0.6) is 11.5 Å². The van der Waals surface area contributed by atoms with Crippen LogP contribution >= 0.6 is 0 Å². The maximum absolute atomic E-state index is 14.0. The Morgan fingerprint density at radius 3 is 2.38 bits per heavy atom. The fourth-order valence-corrected chi connectivity index (χ4v) is 4.72. The van der Waals surface area contributed by atoms with E-state index >= 15 is 0 Å². The van der Waals surface area contributed by atoms with Crippen LogP contribution in [-0.4, -0.2) is 24.5 Å². The smallest absolute Gasteiger partial charge is 0.291 e. The number of hydrogen-bond acceptors (Lipinski definition) is 5. The number of carbonyl (C=O) groups is 1. The summed E-state index contributed by atoms with van der Waals surface area (Å²) in [7, 11) is 1.59. The minimum atomic E-state index is -0.692. The maximum Gasteiger partial charge on any atom is 0.291 e. The van der Waals surface area contributed by atoms with E-state index in [1.54, 1.807) is 12.0 Å². The summed E-state index contributed by atoms with van der Waals surface area (Å²) in [6.45, 7) is 3.02. The Morgan fingerprint density at radius 2 is 1.68 bits per heavy atom. The number of rotatable bonds is 9. The van der Waals surface area contributed by atoms with Crippen molar-refractivity contribution in [2.75, 3.05) is 13.7 Å². The largest absolute Gasteiger partial charge is 0.497 e. The van der Waals surface area contributed by atoms with Gasteiger partial charge in [-0.15, -0.1) is 0 Å². The van der Waals surface area contributed by atoms with Crippen molar-refractivity contribution in [2.45, 2.75) is 38.8 Å². The van der Waals surface area contributed by atoms with Crippen LogP contribution in [0, 0.1) is 5.82 Å². The minimum Gasteiger partial charge on any atom is -0.497 e. The molecule has 6 nitrogen and oxygen atoms in total. The highest BCUT2D eigenvalue weighted by atomic mass is 19.1. The van der Waals surface area contributed by atoms with Gasteiger partial charge in [-0.2, -0.15) is 0 Å². The van der Waals surface area contributed by atoms with Gasteiger partial charge in [0.2, 0.25) is 5.76 Å². The van der Waals surface area contributed by atoms with E-state index in [9.17, 15) is 14.0 Å². The number of carbonyl (C=O) groups excluding carboxylic acids is 1. The van der Waals surface area contributed by atoms with Crippen LogP contribution in [0.3, 0.4) is 0 Å². The van der Waals surface area contributed by atoms with Gasteiger partial charge in [0.15, 0.2) is 5.43 Å². The number of ether oxygens (including phenoxy) is 2. The van der Waals surface area contributed by atoms with Crippen molar-refractivity contribution >= 4 is 16.9 Å². The number of methoxy groups -OCH3 is 1. The van der Waals surface area contributed by atoms with Gasteiger partial charge in [-0.05, 0) is 60.0 Å². The van der Waals surface area contributed by atoms with E-state index in [2.05, 4.69) is 6.92 Å². The Kier molecular flexibility index (Phi) is 6.95. The topological polar surface area (TPSA) is 69.0 Å². The van der Waals surface area contributed by atoms with E-state index in [0.717, 1.165) is 42.2 Å². The van der Waals surface area contributed by atoms with Crippen LogP contribution < -0.4 is 14.9 Å². The maximum atomic E-state index is 14.0. The zero-order valence-electron chi connectivity index (χ0n) is 20.8. The Balaban J connectivity index is 1.56. The quantitative estimate of drug-likeness (QED) is 0.253. The number of halogens is 1. The molecule has 0 bridgehead atoms. The van der Waals surface area contributed by atoms with Gasteiger partial charge in [0, 0.05) is 6.54 Å². The second-order valence-corrected chi connectivity index (χ2v) is 9.12. The number of nitrogens with zero attached hydrogens (tertiary/aromatic N) is 1. The zero-order valence-corrected chi connectivity index (χ0v) is 20.8. The molecule has 4 aromatic rings. The third-order valence-corrected chi connectivity index (χ3v) is 6.65. The molecule has 1 atom stereocenters. The van der Waals surface area contributed by atoms with Crippen LogP contribution in [0.15, 0.2) is 75.9 Å². The number of unbranched alkanes of at least 4 members (excludes halogenated alkanes) is 2. The average Bonchev–Trinajstić information content (AvgIpc) is 3.19. The molecule has 0 spiro atoms. The van der Waals surface area contributed by atoms with E-state index in [1.807, 2.05) is 48.5 Å². The summed E-state index contributed by atoms with van der Waals surface area (Å²) in [5.41, 5.74) is 1.59. The van der Waals surface area contributed by atoms with Gasteiger partial charge in [0.1, 0.15) is 22.9 Å². The molecule has 0 radical (unpaired) electrons. The predicted molar refractivity (Wildman–Crippen MR) is 139 cm³/mol. The molecule has 1 aromatic heterocycles.